The minimum Gasteiger partial charge on any atom is -0.193 e. The SMILES string of the molecule is CCCCCCCCCCCCSCC[P+](O)(O)O. The van der Waals surface area contributed by atoms with E-state index in [1.807, 2.05) is 0 Å². The van der Waals surface area contributed by atoms with Crippen molar-refractivity contribution in [1.29, 1.82) is 0 Å². The molecule has 0 aromatic rings. The van der Waals surface area contributed by atoms with Crippen molar-refractivity contribution in [3.05, 3.63) is 0 Å². The van der Waals surface area contributed by atoms with Crippen LogP contribution in [0, 0.1) is 0 Å². The molecule has 0 atom stereocenters. The Morgan fingerprint density at radius 2 is 1.16 bits per heavy atom. The molecule has 19 heavy (non-hydrogen) atoms. The summed E-state index contributed by atoms with van der Waals surface area (Å²) in [7, 11) is -3.52. The average molecular weight is 311 g/mol. The zero-order valence-corrected chi connectivity index (χ0v) is 14.1. The molecule has 5 heteroatoms. The van der Waals surface area contributed by atoms with Crippen LogP contribution in [-0.4, -0.2) is 32.3 Å². The standard InChI is InChI=1S/C14H32O3PS/c1-2-3-4-5-6-7-8-9-10-11-13-19-14-12-18(15,16)17/h15-17H,2-14H2,1H3/q+1. The second-order valence-corrected chi connectivity index (χ2v) is 8.27. The van der Waals surface area contributed by atoms with E-state index >= 15 is 0 Å². The third-order valence-corrected chi connectivity index (χ3v) is 5.37. The van der Waals surface area contributed by atoms with E-state index in [1.54, 1.807) is 11.8 Å². The van der Waals surface area contributed by atoms with Crippen LogP contribution in [0.4, 0.5) is 0 Å². The minimum atomic E-state index is -3.52. The van der Waals surface area contributed by atoms with Crippen molar-refractivity contribution >= 4 is 19.7 Å². The van der Waals surface area contributed by atoms with Gasteiger partial charge in [-0.3, -0.25) is 0 Å². The second kappa shape index (κ2) is 13.6. The summed E-state index contributed by atoms with van der Waals surface area (Å²) in [4.78, 5) is 26.4. The summed E-state index contributed by atoms with van der Waals surface area (Å²) in [6, 6.07) is 0. The fourth-order valence-electron chi connectivity index (χ4n) is 1.98. The molecule has 0 aliphatic rings. The van der Waals surface area contributed by atoms with Crippen molar-refractivity contribution in [2.45, 2.75) is 71.1 Å². The quantitative estimate of drug-likeness (QED) is 0.329. The molecular weight excluding hydrogens is 279 g/mol. The Bertz CT molecular complexity index is 186. The van der Waals surface area contributed by atoms with Gasteiger partial charge in [0.2, 0.25) is 0 Å². The number of unbranched alkanes of at least 4 members (excludes halogenated alkanes) is 9. The molecule has 0 radical (unpaired) electrons. The van der Waals surface area contributed by atoms with Gasteiger partial charge < -0.3 is 0 Å². The first-order valence-corrected chi connectivity index (χ1v) is 10.7. The maximum absolute atomic E-state index is 8.80. The van der Waals surface area contributed by atoms with E-state index < -0.39 is 7.94 Å². The van der Waals surface area contributed by atoms with Gasteiger partial charge in [0, 0.05) is 5.75 Å². The van der Waals surface area contributed by atoms with Gasteiger partial charge in [0.25, 0.3) is 0 Å². The van der Waals surface area contributed by atoms with Gasteiger partial charge in [-0.05, 0) is 12.2 Å². The molecule has 3 N–H and O–H groups in total. The maximum Gasteiger partial charge on any atom is 0.404 e. The van der Waals surface area contributed by atoms with Crippen LogP contribution < -0.4 is 0 Å². The van der Waals surface area contributed by atoms with Crippen molar-refractivity contribution in [3.8, 4) is 0 Å². The molecule has 0 amide bonds. The highest BCUT2D eigenvalue weighted by Crippen LogP contribution is 2.44. The lowest BCUT2D eigenvalue weighted by Gasteiger charge is -2.04. The first-order chi connectivity index (χ1) is 9.06. The van der Waals surface area contributed by atoms with Gasteiger partial charge >= 0.3 is 7.94 Å². The summed E-state index contributed by atoms with van der Waals surface area (Å²) in [5, 5.41) is 0. The number of hydrogen-bond donors (Lipinski definition) is 3. The van der Waals surface area contributed by atoms with E-state index in [9.17, 15) is 0 Å². The molecule has 0 aliphatic heterocycles. The summed E-state index contributed by atoms with van der Waals surface area (Å²) in [5.41, 5.74) is 0. The van der Waals surface area contributed by atoms with Crippen molar-refractivity contribution in [1.82, 2.24) is 0 Å². The average Bonchev–Trinajstić information content (AvgIpc) is 2.34. The van der Waals surface area contributed by atoms with Crippen LogP contribution in [0.3, 0.4) is 0 Å². The van der Waals surface area contributed by atoms with Gasteiger partial charge in [-0.25, -0.2) is 0 Å². The molecule has 0 aromatic heterocycles. The van der Waals surface area contributed by atoms with Crippen molar-refractivity contribution < 1.29 is 14.7 Å². The molecule has 116 valence electrons. The largest absolute Gasteiger partial charge is 0.404 e. The summed E-state index contributed by atoms with van der Waals surface area (Å²) in [6.45, 7) is 2.25. The van der Waals surface area contributed by atoms with Crippen molar-refractivity contribution in [2.75, 3.05) is 17.7 Å². The topological polar surface area (TPSA) is 60.7 Å². The van der Waals surface area contributed by atoms with Gasteiger partial charge in [-0.1, -0.05) is 64.7 Å². The summed E-state index contributed by atoms with van der Waals surface area (Å²) < 4.78 is 0. The van der Waals surface area contributed by atoms with E-state index in [-0.39, 0.29) is 6.16 Å². The first kappa shape index (κ1) is 19.7. The summed E-state index contributed by atoms with van der Waals surface area (Å²) >= 11 is 1.71. The zero-order chi connectivity index (χ0) is 14.4. The van der Waals surface area contributed by atoms with Crippen LogP contribution in [-0.2, 0) is 0 Å². The van der Waals surface area contributed by atoms with Crippen molar-refractivity contribution in [3.63, 3.8) is 0 Å². The number of hydrogen-bond acceptors (Lipinski definition) is 4. The Balaban J connectivity index is 2.99. The molecule has 0 rings (SSSR count). The lowest BCUT2D eigenvalue weighted by Crippen LogP contribution is -1.98. The number of rotatable bonds is 14. The van der Waals surface area contributed by atoms with E-state index in [4.69, 9.17) is 14.7 Å². The second-order valence-electron chi connectivity index (χ2n) is 5.21. The van der Waals surface area contributed by atoms with E-state index in [0.717, 1.165) is 5.75 Å². The molecule has 0 unspecified atom stereocenters. The highest BCUT2D eigenvalue weighted by molar-refractivity contribution is 7.99. The fraction of sp³-hybridized carbons (Fsp3) is 1.00. The van der Waals surface area contributed by atoms with E-state index in [2.05, 4.69) is 6.92 Å². The van der Waals surface area contributed by atoms with E-state index in [1.165, 1.54) is 64.2 Å². The Kier molecular flexibility index (Phi) is 14.1. The molecule has 3 nitrogen and oxygen atoms in total. The number of thioether (sulfide) groups is 1. The van der Waals surface area contributed by atoms with Gasteiger partial charge in [-0.2, -0.15) is 26.4 Å². The predicted octanol–water partition coefficient (Wildman–Crippen LogP) is 4.38. The van der Waals surface area contributed by atoms with Crippen molar-refractivity contribution in [2.24, 2.45) is 0 Å². The molecule has 0 saturated carbocycles. The lowest BCUT2D eigenvalue weighted by atomic mass is 10.1. The fourth-order valence-corrected chi connectivity index (χ4v) is 4.09. The Morgan fingerprint density at radius 1 is 0.684 bits per heavy atom. The minimum absolute atomic E-state index is 0.134. The molecule has 0 aromatic carbocycles. The Labute approximate surface area is 123 Å². The van der Waals surface area contributed by atoms with Gasteiger partial charge in [0.15, 0.2) is 0 Å². The third-order valence-electron chi connectivity index (χ3n) is 3.18. The molecule has 0 saturated heterocycles. The molecule has 0 aliphatic carbocycles. The Hall–Kier alpha value is 0.660. The highest BCUT2D eigenvalue weighted by Gasteiger charge is 2.28. The summed E-state index contributed by atoms with van der Waals surface area (Å²) in [5.74, 6) is 1.71. The van der Waals surface area contributed by atoms with Gasteiger partial charge in [-0.15, -0.1) is 0 Å². The predicted molar refractivity (Wildman–Crippen MR) is 87.6 cm³/mol. The van der Waals surface area contributed by atoms with Gasteiger partial charge in [0.1, 0.15) is 6.16 Å². The van der Waals surface area contributed by atoms with Crippen LogP contribution in [0.1, 0.15) is 71.1 Å². The van der Waals surface area contributed by atoms with Gasteiger partial charge in [0.05, 0.1) is 0 Å². The summed E-state index contributed by atoms with van der Waals surface area (Å²) in [6.07, 6.45) is 13.6. The van der Waals surface area contributed by atoms with Crippen LogP contribution in [0.5, 0.6) is 0 Å². The molecule has 0 bridgehead atoms. The normalized spacial score (nSPS) is 12.0. The smallest absolute Gasteiger partial charge is 0.193 e. The van der Waals surface area contributed by atoms with Crippen LogP contribution in [0.2, 0.25) is 0 Å². The van der Waals surface area contributed by atoms with Crippen LogP contribution in [0.25, 0.3) is 0 Å². The highest BCUT2D eigenvalue weighted by atomic mass is 32.2. The molecule has 0 heterocycles. The maximum atomic E-state index is 8.80. The molecule has 0 spiro atoms. The monoisotopic (exact) mass is 311 g/mol. The molecule has 0 fully saturated rings. The lowest BCUT2D eigenvalue weighted by molar-refractivity contribution is 0.333. The zero-order valence-electron chi connectivity index (χ0n) is 12.4. The van der Waals surface area contributed by atoms with Crippen LogP contribution >= 0.6 is 19.7 Å². The van der Waals surface area contributed by atoms with Crippen LogP contribution in [0.15, 0.2) is 0 Å². The third kappa shape index (κ3) is 18.7. The molecular formula is C14H32O3PS+. The van der Waals surface area contributed by atoms with E-state index in [0.29, 0.717) is 5.75 Å². The Morgan fingerprint density at radius 3 is 1.63 bits per heavy atom. The first-order valence-electron chi connectivity index (χ1n) is 7.70.